The van der Waals surface area contributed by atoms with Gasteiger partial charge in [0.1, 0.15) is 8.24 Å². The van der Waals surface area contributed by atoms with Gasteiger partial charge in [-0.1, -0.05) is 92.0 Å². The molecule has 8 heteroatoms. The van der Waals surface area contributed by atoms with E-state index in [1.165, 1.54) is 6.07 Å². The summed E-state index contributed by atoms with van der Waals surface area (Å²) in [6.45, 7) is 21.7. The predicted molar refractivity (Wildman–Crippen MR) is 152 cm³/mol. The van der Waals surface area contributed by atoms with Crippen LogP contribution in [-0.2, 0) is 10.0 Å². The van der Waals surface area contributed by atoms with Crippen LogP contribution in [0.3, 0.4) is 0 Å². The topological polar surface area (TPSA) is 68.2 Å². The molecule has 0 aliphatic rings. The minimum Gasteiger partial charge on any atom is -0.374 e. The average molecular weight is 529 g/mol. The van der Waals surface area contributed by atoms with Crippen LogP contribution >= 0.6 is 0 Å². The number of nitrogens with one attached hydrogen (secondary N) is 1. The SMILES string of the molecule is CC(C)(C)[Si](C)(C)NS(=O)(=O)c1cccc(C(=O)c2ccc3ccn([Si](C)(C)C(C)(C)C)c3c2)c1. The first-order chi connectivity index (χ1) is 15.8. The summed E-state index contributed by atoms with van der Waals surface area (Å²) in [5, 5.41) is 1.09. The molecular weight excluding hydrogens is 489 g/mol. The first kappa shape index (κ1) is 27.6. The Bertz CT molecular complexity index is 1380. The minimum absolute atomic E-state index is 0.124. The summed E-state index contributed by atoms with van der Waals surface area (Å²) in [4.78, 5) is 13.6. The number of nitrogens with zero attached hydrogens (tertiary/aromatic N) is 1. The number of carbonyl (C=O) groups is 1. The van der Waals surface area contributed by atoms with Crippen LogP contribution in [0.25, 0.3) is 10.9 Å². The summed E-state index contributed by atoms with van der Waals surface area (Å²) in [6.07, 6.45) is 2.14. The first-order valence-electron chi connectivity index (χ1n) is 12.1. The van der Waals surface area contributed by atoms with Gasteiger partial charge in [-0.3, -0.25) is 4.79 Å². The van der Waals surface area contributed by atoms with Gasteiger partial charge in [-0.25, -0.2) is 12.8 Å². The van der Waals surface area contributed by atoms with E-state index in [0.717, 1.165) is 10.9 Å². The van der Waals surface area contributed by atoms with E-state index in [2.05, 4.69) is 75.5 Å². The van der Waals surface area contributed by atoms with Gasteiger partial charge < -0.3 is 4.23 Å². The summed E-state index contributed by atoms with van der Waals surface area (Å²) < 4.78 is 31.7. The van der Waals surface area contributed by atoms with Gasteiger partial charge in [-0.15, -0.1) is 0 Å². The fraction of sp³-hybridized carbons (Fsp3) is 0.444. The Hall–Kier alpha value is -2.01. The zero-order chi connectivity index (χ0) is 26.6. The van der Waals surface area contributed by atoms with Crippen LogP contribution in [0.15, 0.2) is 59.6 Å². The van der Waals surface area contributed by atoms with Crippen LogP contribution in [0, 0.1) is 0 Å². The highest BCUT2D eigenvalue weighted by molar-refractivity contribution is 7.91. The van der Waals surface area contributed by atoms with E-state index >= 15 is 0 Å². The lowest BCUT2D eigenvalue weighted by Crippen LogP contribution is -2.54. The van der Waals surface area contributed by atoms with Crippen LogP contribution in [-0.4, -0.2) is 34.9 Å². The molecule has 3 rings (SSSR count). The lowest BCUT2D eigenvalue weighted by Gasteiger charge is -2.38. The number of carbonyl (C=O) groups excluding carboxylic acids is 1. The fourth-order valence-corrected chi connectivity index (χ4v) is 10.5. The van der Waals surface area contributed by atoms with E-state index in [-0.39, 0.29) is 20.8 Å². The summed E-state index contributed by atoms with van der Waals surface area (Å²) in [6, 6.07) is 14.2. The Morgan fingerprint density at radius 1 is 0.829 bits per heavy atom. The van der Waals surface area contributed by atoms with Crippen LogP contribution in [0.2, 0.25) is 36.3 Å². The maximum absolute atomic E-state index is 13.5. The Morgan fingerprint density at radius 2 is 1.43 bits per heavy atom. The van der Waals surface area contributed by atoms with E-state index in [4.69, 9.17) is 0 Å². The molecule has 0 atom stereocenters. The first-order valence-corrected chi connectivity index (χ1v) is 19.5. The van der Waals surface area contributed by atoms with E-state index in [0.29, 0.717) is 11.1 Å². The molecule has 1 N–H and O–H groups in total. The van der Waals surface area contributed by atoms with Crippen molar-refractivity contribution < 1.29 is 13.2 Å². The normalized spacial score (nSPS) is 13.9. The van der Waals surface area contributed by atoms with Gasteiger partial charge in [-0.2, -0.15) is 0 Å². The maximum Gasteiger partial charge on any atom is 0.234 e. The molecule has 0 saturated heterocycles. The third kappa shape index (κ3) is 5.26. The van der Waals surface area contributed by atoms with Crippen molar-refractivity contribution in [3.63, 3.8) is 0 Å². The van der Waals surface area contributed by atoms with E-state index in [1.54, 1.807) is 18.2 Å². The molecule has 5 nitrogen and oxygen atoms in total. The number of rotatable bonds is 6. The molecule has 0 unspecified atom stereocenters. The Morgan fingerprint density at radius 3 is 2.00 bits per heavy atom. The van der Waals surface area contributed by atoms with Crippen molar-refractivity contribution in [3.05, 3.63) is 65.9 Å². The molecule has 3 aromatic rings. The van der Waals surface area contributed by atoms with Crippen molar-refractivity contribution in [2.24, 2.45) is 0 Å². The third-order valence-electron chi connectivity index (χ3n) is 8.06. The predicted octanol–water partition coefficient (Wildman–Crippen LogP) is 7.01. The molecule has 0 aliphatic heterocycles. The zero-order valence-corrected chi connectivity index (χ0v) is 25.6. The summed E-state index contributed by atoms with van der Waals surface area (Å²) in [5.74, 6) is -0.181. The highest BCUT2D eigenvalue weighted by Gasteiger charge is 2.40. The van der Waals surface area contributed by atoms with Gasteiger partial charge in [-0.05, 0) is 45.9 Å². The smallest absolute Gasteiger partial charge is 0.234 e. The molecule has 35 heavy (non-hydrogen) atoms. The molecule has 1 aromatic heterocycles. The molecule has 190 valence electrons. The van der Waals surface area contributed by atoms with E-state index in [1.807, 2.05) is 31.3 Å². The van der Waals surface area contributed by atoms with Crippen LogP contribution in [0.5, 0.6) is 0 Å². The molecule has 1 heterocycles. The van der Waals surface area contributed by atoms with Gasteiger partial charge in [0.05, 0.1) is 4.90 Å². The highest BCUT2D eigenvalue weighted by Crippen LogP contribution is 2.39. The third-order valence-corrected chi connectivity index (χ3v) is 21.1. The molecule has 0 radical (unpaired) electrons. The summed E-state index contributed by atoms with van der Waals surface area (Å²) in [7, 11) is -7.94. The molecule has 0 spiro atoms. The van der Waals surface area contributed by atoms with Gasteiger partial charge in [0.2, 0.25) is 10.0 Å². The van der Waals surface area contributed by atoms with E-state index < -0.39 is 26.5 Å². The molecule has 0 amide bonds. The maximum atomic E-state index is 13.5. The Kier molecular flexibility index (Phi) is 6.96. The number of sulfonamides is 1. The molecule has 0 fully saturated rings. The number of fused-ring (bicyclic) bond motifs is 1. The monoisotopic (exact) mass is 528 g/mol. The Balaban J connectivity index is 2.01. The minimum atomic E-state index is -3.75. The standard InChI is InChI=1S/C27H40N2O3SSi2/c1-26(2,3)34(7,8)28-33(31,32)23-13-11-12-21(18-23)25(30)22-15-14-20-16-17-29(24(20)19-22)35(9,10)27(4,5)6/h11-19,28H,1-10H3. The summed E-state index contributed by atoms with van der Waals surface area (Å²) in [5.41, 5.74) is 1.97. The van der Waals surface area contributed by atoms with Crippen molar-refractivity contribution in [1.29, 1.82) is 0 Å². The van der Waals surface area contributed by atoms with Crippen LogP contribution in [0.1, 0.15) is 57.5 Å². The molecule has 0 aliphatic carbocycles. The second kappa shape index (κ2) is 8.83. The van der Waals surface area contributed by atoms with Crippen molar-refractivity contribution in [1.82, 2.24) is 8.62 Å². The largest absolute Gasteiger partial charge is 0.374 e. The van der Waals surface area contributed by atoms with Gasteiger partial charge in [0.15, 0.2) is 14.0 Å². The average Bonchev–Trinajstić information content (AvgIpc) is 3.15. The van der Waals surface area contributed by atoms with Crippen LogP contribution < -0.4 is 4.39 Å². The zero-order valence-electron chi connectivity index (χ0n) is 22.8. The molecule has 0 saturated carbocycles. The van der Waals surface area contributed by atoms with Gasteiger partial charge >= 0.3 is 0 Å². The number of hydrogen-bond donors (Lipinski definition) is 1. The van der Waals surface area contributed by atoms with Crippen molar-refractivity contribution in [2.75, 3.05) is 0 Å². The highest BCUT2D eigenvalue weighted by atomic mass is 32.2. The van der Waals surface area contributed by atoms with Gasteiger partial charge in [0, 0.05) is 16.6 Å². The van der Waals surface area contributed by atoms with E-state index in [9.17, 15) is 13.2 Å². The number of benzene rings is 2. The number of ketones is 1. The molecule has 0 bridgehead atoms. The van der Waals surface area contributed by atoms with Crippen LogP contribution in [0.4, 0.5) is 0 Å². The number of aromatic nitrogens is 1. The second-order valence-electron chi connectivity index (χ2n) is 12.6. The van der Waals surface area contributed by atoms with Crippen molar-refractivity contribution in [3.8, 4) is 0 Å². The lowest BCUT2D eigenvalue weighted by atomic mass is 10.0. The second-order valence-corrected chi connectivity index (χ2v) is 24.8. The lowest BCUT2D eigenvalue weighted by molar-refractivity contribution is 0.103. The van der Waals surface area contributed by atoms with Crippen molar-refractivity contribution >= 4 is 43.2 Å². The molecule has 2 aromatic carbocycles. The quantitative estimate of drug-likeness (QED) is 0.276. The Labute approximate surface area is 213 Å². The number of hydrogen-bond acceptors (Lipinski definition) is 3. The fourth-order valence-electron chi connectivity index (χ4n) is 3.64. The molecular formula is C27H40N2O3SSi2. The van der Waals surface area contributed by atoms with Gasteiger partial charge in [0.25, 0.3) is 0 Å². The van der Waals surface area contributed by atoms with Crippen molar-refractivity contribution in [2.45, 2.75) is 82.7 Å². The summed E-state index contributed by atoms with van der Waals surface area (Å²) >= 11 is 0.